The molecule has 32 heavy (non-hydrogen) atoms. The third-order valence-electron chi connectivity index (χ3n) is 4.54. The van der Waals surface area contributed by atoms with E-state index in [1.807, 2.05) is 6.07 Å². The highest BCUT2D eigenvalue weighted by Crippen LogP contribution is 2.21. The fourth-order valence-electron chi connectivity index (χ4n) is 2.96. The summed E-state index contributed by atoms with van der Waals surface area (Å²) < 4.78 is 15.4. The third kappa shape index (κ3) is 6.43. The molecule has 0 spiro atoms. The van der Waals surface area contributed by atoms with Crippen molar-refractivity contribution in [3.8, 4) is 0 Å². The summed E-state index contributed by atoms with van der Waals surface area (Å²) in [7, 11) is 0. The highest BCUT2D eigenvalue weighted by Gasteiger charge is 2.25. The molecule has 0 aliphatic carbocycles. The zero-order chi connectivity index (χ0) is 22.9. The highest BCUT2D eigenvalue weighted by atomic mass is 16.5. The molecule has 0 saturated heterocycles. The number of alkyl carbamates (subject to hydrolysis) is 1. The summed E-state index contributed by atoms with van der Waals surface area (Å²) in [5, 5.41) is 12.0. The second kappa shape index (κ2) is 10.8. The van der Waals surface area contributed by atoms with Gasteiger partial charge in [-0.1, -0.05) is 48.5 Å². The average molecular weight is 439 g/mol. The fourth-order valence-corrected chi connectivity index (χ4v) is 2.96. The predicted octanol–water partition coefficient (Wildman–Crippen LogP) is 2.86. The molecule has 0 bridgehead atoms. The van der Waals surface area contributed by atoms with Crippen LogP contribution in [0.2, 0.25) is 0 Å². The Morgan fingerprint density at radius 1 is 0.969 bits per heavy atom. The molecule has 3 rings (SSSR count). The number of hydrogen-bond donors (Lipinski definition) is 2. The van der Waals surface area contributed by atoms with Crippen LogP contribution in [-0.2, 0) is 36.9 Å². The van der Waals surface area contributed by atoms with Crippen LogP contribution in [0.15, 0.2) is 65.3 Å². The van der Waals surface area contributed by atoms with Crippen molar-refractivity contribution in [2.24, 2.45) is 0 Å². The maximum absolute atomic E-state index is 12.4. The van der Waals surface area contributed by atoms with E-state index in [1.54, 1.807) is 48.5 Å². The van der Waals surface area contributed by atoms with Gasteiger partial charge in [0, 0.05) is 10.9 Å². The van der Waals surface area contributed by atoms with Crippen LogP contribution in [0.4, 0.5) is 4.79 Å². The topological polar surface area (TPSA) is 132 Å². The summed E-state index contributed by atoms with van der Waals surface area (Å²) in [5.74, 6) is -2.76. The number of furan rings is 1. The van der Waals surface area contributed by atoms with Gasteiger partial charge >= 0.3 is 18.0 Å². The molecule has 166 valence electrons. The van der Waals surface area contributed by atoms with Crippen molar-refractivity contribution in [2.75, 3.05) is 6.61 Å². The number of Topliss-reactive ketones (excluding diaryl/α,β-unsaturated/α-hetero) is 1. The van der Waals surface area contributed by atoms with Gasteiger partial charge in [-0.05, 0) is 11.6 Å². The van der Waals surface area contributed by atoms with E-state index < -0.39 is 42.9 Å². The second-order valence-corrected chi connectivity index (χ2v) is 6.92. The van der Waals surface area contributed by atoms with E-state index in [1.165, 1.54) is 6.26 Å². The van der Waals surface area contributed by atoms with Crippen molar-refractivity contribution in [1.29, 1.82) is 0 Å². The molecule has 0 radical (unpaired) electrons. The van der Waals surface area contributed by atoms with Crippen molar-refractivity contribution in [3.05, 3.63) is 72.0 Å². The first-order valence-corrected chi connectivity index (χ1v) is 9.75. The summed E-state index contributed by atoms with van der Waals surface area (Å²) in [5.41, 5.74) is 1.94. The number of carbonyl (C=O) groups excluding carboxylic acids is 3. The van der Waals surface area contributed by atoms with Gasteiger partial charge in [0.25, 0.3) is 0 Å². The molecule has 1 heterocycles. The Labute approximate surface area is 182 Å². The van der Waals surface area contributed by atoms with Crippen LogP contribution in [0.3, 0.4) is 0 Å². The number of carboxylic acid groups (broad SMARTS) is 1. The number of fused-ring (bicyclic) bond motifs is 1. The molecular weight excluding hydrogens is 418 g/mol. The molecule has 2 aromatic carbocycles. The zero-order valence-electron chi connectivity index (χ0n) is 17.0. The molecule has 9 heteroatoms. The van der Waals surface area contributed by atoms with E-state index in [4.69, 9.17) is 19.0 Å². The minimum atomic E-state index is -1.40. The quantitative estimate of drug-likeness (QED) is 0.461. The smallest absolute Gasteiger partial charge is 0.408 e. The minimum Gasteiger partial charge on any atom is -0.481 e. The maximum atomic E-state index is 12.4. The number of hydrogen-bond acceptors (Lipinski definition) is 7. The number of aliphatic carboxylic acids is 1. The van der Waals surface area contributed by atoms with E-state index in [0.717, 1.165) is 10.9 Å². The van der Waals surface area contributed by atoms with E-state index >= 15 is 0 Å². The van der Waals surface area contributed by atoms with Crippen molar-refractivity contribution in [2.45, 2.75) is 25.5 Å². The van der Waals surface area contributed by atoms with Crippen LogP contribution in [-0.4, -0.2) is 41.6 Å². The Hall–Kier alpha value is -4.14. The predicted molar refractivity (Wildman–Crippen MR) is 112 cm³/mol. The van der Waals surface area contributed by atoms with Gasteiger partial charge < -0.3 is 24.3 Å². The summed E-state index contributed by atoms with van der Waals surface area (Å²) in [6, 6.07) is 14.6. The average Bonchev–Trinajstić information content (AvgIpc) is 3.19. The van der Waals surface area contributed by atoms with E-state index in [0.29, 0.717) is 11.1 Å². The first kappa shape index (κ1) is 22.5. The molecule has 2 N–H and O–H groups in total. The largest absolute Gasteiger partial charge is 0.481 e. The standard InChI is InChI=1S/C23H21NO8/c25-19(14-31-22(28)10-16-13-30-20-9-5-4-8-17(16)20)18(11-21(26)27)24-23(29)32-12-15-6-2-1-3-7-15/h1-9,13,18H,10-12,14H2,(H,24,29)(H,26,27)/t18-/m0/s1. The highest BCUT2D eigenvalue weighted by molar-refractivity contribution is 5.93. The summed E-state index contributed by atoms with van der Waals surface area (Å²) in [4.78, 5) is 47.6. The van der Waals surface area contributed by atoms with Crippen molar-refractivity contribution in [3.63, 3.8) is 0 Å². The van der Waals surface area contributed by atoms with Gasteiger partial charge in [0.1, 0.15) is 18.2 Å². The van der Waals surface area contributed by atoms with Crippen LogP contribution >= 0.6 is 0 Å². The SMILES string of the molecule is O=C(O)C[C@H](NC(=O)OCc1ccccc1)C(=O)COC(=O)Cc1coc2ccccc12. The fraction of sp³-hybridized carbons (Fsp3) is 0.217. The van der Waals surface area contributed by atoms with Gasteiger partial charge in [-0.2, -0.15) is 0 Å². The lowest BCUT2D eigenvalue weighted by Crippen LogP contribution is -2.44. The number of ketones is 1. The molecule has 0 fully saturated rings. The monoisotopic (exact) mass is 439 g/mol. The molecule has 3 aromatic rings. The molecule has 0 aliphatic rings. The normalized spacial score (nSPS) is 11.5. The first-order chi connectivity index (χ1) is 15.4. The number of benzene rings is 2. The van der Waals surface area contributed by atoms with Gasteiger partial charge in [0.05, 0.1) is 19.1 Å². The van der Waals surface area contributed by atoms with E-state index in [9.17, 15) is 19.2 Å². The number of rotatable bonds is 10. The maximum Gasteiger partial charge on any atom is 0.408 e. The Morgan fingerprint density at radius 2 is 1.69 bits per heavy atom. The second-order valence-electron chi connectivity index (χ2n) is 6.92. The van der Waals surface area contributed by atoms with Gasteiger partial charge in [0.15, 0.2) is 12.4 Å². The van der Waals surface area contributed by atoms with Gasteiger partial charge in [-0.15, -0.1) is 0 Å². The molecule has 0 saturated carbocycles. The van der Waals surface area contributed by atoms with E-state index in [2.05, 4.69) is 5.32 Å². The molecular formula is C23H21NO8. The number of para-hydroxylation sites is 1. The van der Waals surface area contributed by atoms with Gasteiger partial charge in [-0.3, -0.25) is 14.4 Å². The number of ether oxygens (including phenoxy) is 2. The third-order valence-corrected chi connectivity index (χ3v) is 4.54. The number of esters is 1. The lowest BCUT2D eigenvalue weighted by molar-refractivity contribution is -0.148. The number of carbonyl (C=O) groups is 4. The summed E-state index contributed by atoms with van der Waals surface area (Å²) in [6.07, 6.45) is -0.320. The molecule has 1 atom stereocenters. The Kier molecular flexibility index (Phi) is 7.58. The van der Waals surface area contributed by atoms with Crippen LogP contribution in [0.25, 0.3) is 11.0 Å². The van der Waals surface area contributed by atoms with Crippen molar-refractivity contribution < 1.29 is 38.2 Å². The molecule has 0 unspecified atom stereocenters. The minimum absolute atomic E-state index is 0.0473. The molecule has 0 aliphatic heterocycles. The Bertz CT molecular complexity index is 1110. The van der Waals surface area contributed by atoms with E-state index in [-0.39, 0.29) is 13.0 Å². The molecule has 1 aromatic heterocycles. The van der Waals surface area contributed by atoms with Crippen molar-refractivity contribution >= 4 is 34.8 Å². The Balaban J connectivity index is 1.51. The summed E-state index contributed by atoms with van der Waals surface area (Å²) >= 11 is 0. The molecule has 9 nitrogen and oxygen atoms in total. The van der Waals surface area contributed by atoms with Crippen LogP contribution in [0.5, 0.6) is 0 Å². The van der Waals surface area contributed by atoms with Gasteiger partial charge in [0.2, 0.25) is 0 Å². The van der Waals surface area contributed by atoms with Gasteiger partial charge in [-0.25, -0.2) is 4.79 Å². The zero-order valence-corrected chi connectivity index (χ0v) is 17.0. The number of nitrogens with one attached hydrogen (secondary N) is 1. The molecule has 1 amide bonds. The van der Waals surface area contributed by atoms with Crippen LogP contribution in [0, 0.1) is 0 Å². The van der Waals surface area contributed by atoms with Crippen LogP contribution < -0.4 is 5.32 Å². The summed E-state index contributed by atoms with van der Waals surface area (Å²) in [6.45, 7) is -0.736. The lowest BCUT2D eigenvalue weighted by Gasteiger charge is -2.16. The number of carboxylic acids is 1. The lowest BCUT2D eigenvalue weighted by atomic mass is 10.1. The van der Waals surface area contributed by atoms with Crippen LogP contribution in [0.1, 0.15) is 17.5 Å². The number of amides is 1. The Morgan fingerprint density at radius 3 is 2.44 bits per heavy atom. The first-order valence-electron chi connectivity index (χ1n) is 9.75. The van der Waals surface area contributed by atoms with Crippen molar-refractivity contribution in [1.82, 2.24) is 5.32 Å².